The van der Waals surface area contributed by atoms with Gasteiger partial charge in [0.2, 0.25) is 5.82 Å². The van der Waals surface area contributed by atoms with E-state index in [0.717, 1.165) is 29.9 Å². The topological polar surface area (TPSA) is 74.0 Å². The molecule has 0 saturated heterocycles. The van der Waals surface area contributed by atoms with Gasteiger partial charge in [0.1, 0.15) is 17.0 Å². The average molecular weight is 308 g/mol. The number of nitrogens with zero attached hydrogens (tertiary/aromatic N) is 6. The Bertz CT molecular complexity index is 931. The van der Waals surface area contributed by atoms with E-state index in [2.05, 4.69) is 27.1 Å². The second kappa shape index (κ2) is 5.35. The molecule has 0 spiro atoms. The molecule has 0 amide bonds. The molecule has 7 nitrogen and oxygen atoms in total. The van der Waals surface area contributed by atoms with Crippen LogP contribution in [0.5, 0.6) is 0 Å². The molecule has 0 aliphatic heterocycles. The van der Waals surface area contributed by atoms with Crippen LogP contribution in [0.1, 0.15) is 19.0 Å². The lowest BCUT2D eigenvalue weighted by Gasteiger charge is -1.92. The summed E-state index contributed by atoms with van der Waals surface area (Å²) in [5, 5.41) is 8.51. The third-order valence-electron chi connectivity index (χ3n) is 3.67. The monoisotopic (exact) mass is 308 g/mol. The van der Waals surface area contributed by atoms with Crippen LogP contribution < -0.4 is 0 Å². The zero-order chi connectivity index (χ0) is 15.8. The van der Waals surface area contributed by atoms with Crippen LogP contribution in [0.2, 0.25) is 0 Å². The van der Waals surface area contributed by atoms with Crippen molar-refractivity contribution in [3.63, 3.8) is 0 Å². The summed E-state index contributed by atoms with van der Waals surface area (Å²) in [6, 6.07) is 7.82. The summed E-state index contributed by atoms with van der Waals surface area (Å²) in [6.07, 6.45) is 5.80. The quantitative estimate of drug-likeness (QED) is 0.579. The van der Waals surface area contributed by atoms with Crippen molar-refractivity contribution in [2.24, 2.45) is 7.05 Å². The summed E-state index contributed by atoms with van der Waals surface area (Å²) in [5.41, 5.74) is 3.37. The molecular weight excluding hydrogens is 292 g/mol. The molecule has 0 aliphatic rings. The van der Waals surface area contributed by atoms with Crippen molar-refractivity contribution in [2.45, 2.75) is 19.8 Å². The molecular formula is C16H16N6O. The molecule has 0 saturated carbocycles. The first-order valence-corrected chi connectivity index (χ1v) is 7.55. The number of aryl methyl sites for hydroxylation is 2. The summed E-state index contributed by atoms with van der Waals surface area (Å²) in [7, 11) is 1.88. The van der Waals surface area contributed by atoms with Crippen molar-refractivity contribution < 1.29 is 4.52 Å². The standard InChI is InChI=1S/C16H16N6O/c1-3-6-11-9-13(21(2)19-11)16-18-15(20-23-16)12-10-22-8-5-4-7-14(22)17-12/h4-5,7-10H,3,6H2,1-2H3. The minimum atomic E-state index is 0.453. The first-order valence-electron chi connectivity index (χ1n) is 7.55. The van der Waals surface area contributed by atoms with Crippen molar-refractivity contribution in [3.8, 4) is 23.1 Å². The fourth-order valence-electron chi connectivity index (χ4n) is 2.58. The largest absolute Gasteiger partial charge is 0.332 e. The first-order chi connectivity index (χ1) is 11.2. The van der Waals surface area contributed by atoms with Gasteiger partial charge in [-0.3, -0.25) is 4.68 Å². The van der Waals surface area contributed by atoms with Gasteiger partial charge >= 0.3 is 0 Å². The molecule has 0 unspecified atom stereocenters. The number of rotatable bonds is 4. The lowest BCUT2D eigenvalue weighted by molar-refractivity contribution is 0.428. The van der Waals surface area contributed by atoms with Crippen molar-refractivity contribution >= 4 is 5.65 Å². The minimum Gasteiger partial charge on any atom is -0.332 e. The van der Waals surface area contributed by atoms with Gasteiger partial charge in [0.25, 0.3) is 5.89 Å². The first kappa shape index (κ1) is 13.7. The summed E-state index contributed by atoms with van der Waals surface area (Å²) in [4.78, 5) is 8.97. The van der Waals surface area contributed by atoms with Gasteiger partial charge in [-0.2, -0.15) is 10.1 Å². The average Bonchev–Trinajstić information content (AvgIpc) is 3.24. The molecule has 4 heterocycles. The molecule has 116 valence electrons. The highest BCUT2D eigenvalue weighted by Gasteiger charge is 2.17. The SMILES string of the molecule is CCCc1cc(-c2nc(-c3cn4ccccc4n3)no2)n(C)n1. The fraction of sp³-hybridized carbons (Fsp3) is 0.250. The Kier molecular flexibility index (Phi) is 3.18. The third kappa shape index (κ3) is 2.40. The van der Waals surface area contributed by atoms with E-state index in [1.807, 2.05) is 48.1 Å². The van der Waals surface area contributed by atoms with Crippen LogP contribution in [-0.2, 0) is 13.5 Å². The van der Waals surface area contributed by atoms with Crippen molar-refractivity contribution in [3.05, 3.63) is 42.4 Å². The van der Waals surface area contributed by atoms with Crippen LogP contribution in [0, 0.1) is 0 Å². The highest BCUT2D eigenvalue weighted by Crippen LogP contribution is 2.22. The van der Waals surface area contributed by atoms with Gasteiger partial charge in [-0.05, 0) is 24.6 Å². The van der Waals surface area contributed by atoms with Crippen LogP contribution in [0.15, 0.2) is 41.2 Å². The van der Waals surface area contributed by atoms with Crippen LogP contribution in [0.3, 0.4) is 0 Å². The molecule has 0 aliphatic carbocycles. The predicted molar refractivity (Wildman–Crippen MR) is 84.7 cm³/mol. The highest BCUT2D eigenvalue weighted by atomic mass is 16.5. The molecule has 0 N–H and O–H groups in total. The van der Waals surface area contributed by atoms with E-state index in [0.29, 0.717) is 17.4 Å². The molecule has 4 aromatic heterocycles. The predicted octanol–water partition coefficient (Wildman–Crippen LogP) is 2.74. The van der Waals surface area contributed by atoms with Gasteiger partial charge in [0.15, 0.2) is 0 Å². The van der Waals surface area contributed by atoms with Crippen molar-refractivity contribution in [2.75, 3.05) is 0 Å². The van der Waals surface area contributed by atoms with Gasteiger partial charge in [-0.15, -0.1) is 0 Å². The van der Waals surface area contributed by atoms with Crippen LogP contribution in [-0.4, -0.2) is 29.3 Å². The summed E-state index contributed by atoms with van der Waals surface area (Å²) >= 11 is 0. The van der Waals surface area contributed by atoms with E-state index >= 15 is 0 Å². The number of pyridine rings is 1. The molecule has 4 rings (SSSR count). The van der Waals surface area contributed by atoms with Gasteiger partial charge in [0, 0.05) is 19.4 Å². The van der Waals surface area contributed by atoms with Crippen LogP contribution >= 0.6 is 0 Å². The van der Waals surface area contributed by atoms with E-state index in [4.69, 9.17) is 4.52 Å². The number of fused-ring (bicyclic) bond motifs is 1. The molecule has 0 bridgehead atoms. The van der Waals surface area contributed by atoms with E-state index in [-0.39, 0.29) is 0 Å². The van der Waals surface area contributed by atoms with Crippen molar-refractivity contribution in [1.29, 1.82) is 0 Å². The minimum absolute atomic E-state index is 0.453. The van der Waals surface area contributed by atoms with Crippen molar-refractivity contribution in [1.82, 2.24) is 29.3 Å². The number of imidazole rings is 1. The second-order valence-electron chi connectivity index (χ2n) is 5.41. The number of hydrogen-bond donors (Lipinski definition) is 0. The molecule has 0 atom stereocenters. The molecule has 0 radical (unpaired) electrons. The maximum atomic E-state index is 5.40. The molecule has 4 aromatic rings. The Hall–Kier alpha value is -2.96. The second-order valence-corrected chi connectivity index (χ2v) is 5.41. The normalized spacial score (nSPS) is 11.4. The Balaban J connectivity index is 1.71. The van der Waals surface area contributed by atoms with Crippen LogP contribution in [0.4, 0.5) is 0 Å². The van der Waals surface area contributed by atoms with E-state index in [1.54, 1.807) is 4.68 Å². The lowest BCUT2D eigenvalue weighted by atomic mass is 10.2. The summed E-state index contributed by atoms with van der Waals surface area (Å²) in [6.45, 7) is 2.13. The zero-order valence-electron chi connectivity index (χ0n) is 13.0. The van der Waals surface area contributed by atoms with Crippen LogP contribution in [0.25, 0.3) is 28.8 Å². The highest BCUT2D eigenvalue weighted by molar-refractivity contribution is 5.58. The number of aromatic nitrogens is 6. The lowest BCUT2D eigenvalue weighted by Crippen LogP contribution is -1.94. The summed E-state index contributed by atoms with van der Waals surface area (Å²) < 4.78 is 9.10. The Labute approximate surface area is 132 Å². The van der Waals surface area contributed by atoms with E-state index in [9.17, 15) is 0 Å². The fourth-order valence-corrected chi connectivity index (χ4v) is 2.58. The molecule has 0 aromatic carbocycles. The maximum Gasteiger partial charge on any atom is 0.276 e. The van der Waals surface area contributed by atoms with E-state index < -0.39 is 0 Å². The molecule has 0 fully saturated rings. The third-order valence-corrected chi connectivity index (χ3v) is 3.67. The van der Waals surface area contributed by atoms with Gasteiger partial charge < -0.3 is 8.92 Å². The smallest absolute Gasteiger partial charge is 0.276 e. The van der Waals surface area contributed by atoms with Gasteiger partial charge in [0.05, 0.1) is 5.69 Å². The summed E-state index contributed by atoms with van der Waals surface area (Å²) in [5.74, 6) is 0.927. The van der Waals surface area contributed by atoms with Gasteiger partial charge in [-0.25, -0.2) is 4.98 Å². The van der Waals surface area contributed by atoms with Gasteiger partial charge in [-0.1, -0.05) is 24.6 Å². The number of hydrogen-bond acceptors (Lipinski definition) is 5. The Morgan fingerprint density at radius 1 is 1.22 bits per heavy atom. The zero-order valence-corrected chi connectivity index (χ0v) is 13.0. The Morgan fingerprint density at radius 3 is 2.96 bits per heavy atom. The maximum absolute atomic E-state index is 5.40. The molecule has 23 heavy (non-hydrogen) atoms. The van der Waals surface area contributed by atoms with E-state index in [1.165, 1.54) is 0 Å². The Morgan fingerprint density at radius 2 is 2.13 bits per heavy atom. The molecule has 7 heteroatoms.